The third-order valence-electron chi connectivity index (χ3n) is 6.11. The largest absolute Gasteiger partial charge is 0.340 e. The lowest BCUT2D eigenvalue weighted by Gasteiger charge is -2.29. The highest BCUT2D eigenvalue weighted by Gasteiger charge is 2.49. The smallest absolute Gasteiger partial charge is 0.242 e. The van der Waals surface area contributed by atoms with Crippen LogP contribution in [0, 0.1) is 17.7 Å². The van der Waals surface area contributed by atoms with E-state index in [1.165, 1.54) is 19.1 Å². The van der Waals surface area contributed by atoms with Crippen molar-refractivity contribution >= 4 is 17.7 Å². The van der Waals surface area contributed by atoms with Gasteiger partial charge in [-0.15, -0.1) is 0 Å². The SMILES string of the molecule is CC(=O)N1C[C@H]2CN(C(=O)CN3CCCC3=O)C[C@H]2[C@H]1c1cccc(F)c1. The second kappa shape index (κ2) is 6.94. The van der Waals surface area contributed by atoms with Gasteiger partial charge in [0.1, 0.15) is 5.82 Å². The molecule has 3 amide bonds. The molecule has 0 aromatic heterocycles. The first-order valence-electron chi connectivity index (χ1n) is 9.52. The molecule has 0 bridgehead atoms. The van der Waals surface area contributed by atoms with E-state index >= 15 is 0 Å². The maximum atomic E-state index is 13.8. The van der Waals surface area contributed by atoms with Crippen LogP contribution in [0.2, 0.25) is 0 Å². The molecule has 144 valence electrons. The average Bonchev–Trinajstić information content (AvgIpc) is 3.29. The maximum Gasteiger partial charge on any atom is 0.242 e. The highest BCUT2D eigenvalue weighted by Crippen LogP contribution is 2.45. The molecule has 0 spiro atoms. The number of rotatable bonds is 3. The number of likely N-dealkylation sites (tertiary alicyclic amines) is 3. The van der Waals surface area contributed by atoms with E-state index in [2.05, 4.69) is 0 Å². The summed E-state index contributed by atoms with van der Waals surface area (Å²) in [7, 11) is 0. The fourth-order valence-corrected chi connectivity index (χ4v) is 4.82. The minimum Gasteiger partial charge on any atom is -0.340 e. The lowest BCUT2D eigenvalue weighted by Crippen LogP contribution is -2.42. The summed E-state index contributed by atoms with van der Waals surface area (Å²) in [4.78, 5) is 41.8. The highest BCUT2D eigenvalue weighted by molar-refractivity contribution is 5.86. The molecule has 0 N–H and O–H groups in total. The van der Waals surface area contributed by atoms with Gasteiger partial charge in [0.15, 0.2) is 0 Å². The van der Waals surface area contributed by atoms with Crippen LogP contribution < -0.4 is 0 Å². The standard InChI is InChI=1S/C20H24FN3O3/c1-13(25)24-10-15-9-23(19(27)12-22-7-3-6-18(22)26)11-17(15)20(24)14-4-2-5-16(21)8-14/h2,4-5,8,15,17,20H,3,6-7,9-12H2,1H3/t15-,17-,20-/m1/s1. The van der Waals surface area contributed by atoms with Crippen molar-refractivity contribution in [3.05, 3.63) is 35.6 Å². The summed E-state index contributed by atoms with van der Waals surface area (Å²) in [6.45, 7) is 4.02. The Morgan fingerprint density at radius 3 is 2.70 bits per heavy atom. The fourth-order valence-electron chi connectivity index (χ4n) is 4.82. The molecule has 0 radical (unpaired) electrons. The van der Waals surface area contributed by atoms with Crippen LogP contribution in [0.1, 0.15) is 31.4 Å². The normalized spacial score (nSPS) is 27.4. The van der Waals surface area contributed by atoms with Gasteiger partial charge < -0.3 is 14.7 Å². The Balaban J connectivity index is 1.51. The Kier molecular flexibility index (Phi) is 4.61. The van der Waals surface area contributed by atoms with Crippen LogP contribution in [-0.2, 0) is 14.4 Å². The number of carbonyl (C=O) groups is 3. The lowest BCUT2D eigenvalue weighted by molar-refractivity contribution is -0.138. The zero-order valence-corrected chi connectivity index (χ0v) is 15.4. The van der Waals surface area contributed by atoms with Gasteiger partial charge >= 0.3 is 0 Å². The molecule has 1 aromatic rings. The fraction of sp³-hybridized carbons (Fsp3) is 0.550. The maximum absolute atomic E-state index is 13.8. The van der Waals surface area contributed by atoms with Gasteiger partial charge in [0.25, 0.3) is 0 Å². The van der Waals surface area contributed by atoms with E-state index in [9.17, 15) is 18.8 Å². The second-order valence-electron chi connectivity index (χ2n) is 7.81. The van der Waals surface area contributed by atoms with E-state index in [-0.39, 0.29) is 48.0 Å². The summed E-state index contributed by atoms with van der Waals surface area (Å²) in [6, 6.07) is 6.17. The highest BCUT2D eigenvalue weighted by atomic mass is 19.1. The van der Waals surface area contributed by atoms with E-state index in [0.29, 0.717) is 32.6 Å². The Bertz CT molecular complexity index is 783. The number of nitrogens with zero attached hydrogens (tertiary/aromatic N) is 3. The van der Waals surface area contributed by atoms with Crippen LogP contribution >= 0.6 is 0 Å². The Morgan fingerprint density at radius 2 is 2.04 bits per heavy atom. The van der Waals surface area contributed by atoms with Gasteiger partial charge in [0, 0.05) is 51.4 Å². The summed E-state index contributed by atoms with van der Waals surface area (Å²) >= 11 is 0. The molecule has 3 atom stereocenters. The van der Waals surface area contributed by atoms with E-state index in [1.54, 1.807) is 15.9 Å². The van der Waals surface area contributed by atoms with E-state index < -0.39 is 0 Å². The van der Waals surface area contributed by atoms with Crippen LogP contribution in [0.15, 0.2) is 24.3 Å². The van der Waals surface area contributed by atoms with Crippen LogP contribution in [-0.4, -0.2) is 65.1 Å². The Labute approximate surface area is 157 Å². The van der Waals surface area contributed by atoms with Crippen molar-refractivity contribution in [2.75, 3.05) is 32.7 Å². The van der Waals surface area contributed by atoms with Crippen LogP contribution in [0.4, 0.5) is 4.39 Å². The van der Waals surface area contributed by atoms with Crippen molar-refractivity contribution in [3.8, 4) is 0 Å². The van der Waals surface area contributed by atoms with Gasteiger partial charge in [-0.25, -0.2) is 4.39 Å². The van der Waals surface area contributed by atoms with E-state index in [4.69, 9.17) is 0 Å². The topological polar surface area (TPSA) is 60.9 Å². The average molecular weight is 373 g/mol. The number of amides is 3. The third kappa shape index (κ3) is 3.31. The molecule has 3 aliphatic rings. The van der Waals surface area contributed by atoms with Gasteiger partial charge in [-0.05, 0) is 24.1 Å². The predicted octanol–water partition coefficient (Wildman–Crippen LogP) is 1.43. The molecule has 1 aromatic carbocycles. The molecule has 0 saturated carbocycles. The molecule has 0 unspecified atom stereocenters. The molecular weight excluding hydrogens is 349 g/mol. The van der Waals surface area contributed by atoms with Gasteiger partial charge in [0.2, 0.25) is 17.7 Å². The van der Waals surface area contributed by atoms with Crippen molar-refractivity contribution in [3.63, 3.8) is 0 Å². The van der Waals surface area contributed by atoms with E-state index in [0.717, 1.165) is 12.0 Å². The molecular formula is C20H24FN3O3. The Hall–Kier alpha value is -2.44. The van der Waals surface area contributed by atoms with Gasteiger partial charge in [-0.2, -0.15) is 0 Å². The van der Waals surface area contributed by atoms with Gasteiger partial charge in [-0.1, -0.05) is 12.1 Å². The monoisotopic (exact) mass is 373 g/mol. The van der Waals surface area contributed by atoms with Crippen molar-refractivity contribution in [2.45, 2.75) is 25.8 Å². The van der Waals surface area contributed by atoms with Gasteiger partial charge in [-0.3, -0.25) is 14.4 Å². The van der Waals surface area contributed by atoms with Gasteiger partial charge in [0.05, 0.1) is 12.6 Å². The number of hydrogen-bond donors (Lipinski definition) is 0. The number of carbonyl (C=O) groups excluding carboxylic acids is 3. The predicted molar refractivity (Wildman–Crippen MR) is 95.9 cm³/mol. The lowest BCUT2D eigenvalue weighted by atomic mass is 9.89. The van der Waals surface area contributed by atoms with Crippen LogP contribution in [0.5, 0.6) is 0 Å². The number of fused-ring (bicyclic) bond motifs is 1. The summed E-state index contributed by atoms with van der Waals surface area (Å²) in [6.07, 6.45) is 1.33. The van der Waals surface area contributed by atoms with Crippen LogP contribution in [0.25, 0.3) is 0 Å². The number of benzene rings is 1. The number of hydrogen-bond acceptors (Lipinski definition) is 3. The van der Waals surface area contributed by atoms with Crippen molar-refractivity contribution < 1.29 is 18.8 Å². The Morgan fingerprint density at radius 1 is 1.22 bits per heavy atom. The quantitative estimate of drug-likeness (QED) is 0.805. The van der Waals surface area contributed by atoms with Crippen LogP contribution in [0.3, 0.4) is 0 Å². The molecule has 3 heterocycles. The molecule has 27 heavy (non-hydrogen) atoms. The first-order valence-corrected chi connectivity index (χ1v) is 9.52. The second-order valence-corrected chi connectivity index (χ2v) is 7.81. The first-order chi connectivity index (χ1) is 12.9. The minimum absolute atomic E-state index is 0.0285. The summed E-state index contributed by atoms with van der Waals surface area (Å²) in [5.74, 6) is -0.0680. The van der Waals surface area contributed by atoms with Crippen molar-refractivity contribution in [1.29, 1.82) is 0 Å². The molecule has 4 rings (SSSR count). The van der Waals surface area contributed by atoms with Crippen molar-refractivity contribution in [2.24, 2.45) is 11.8 Å². The molecule has 3 saturated heterocycles. The molecule has 3 fully saturated rings. The first kappa shape index (κ1) is 17.9. The number of halogens is 1. The molecule has 3 aliphatic heterocycles. The zero-order valence-electron chi connectivity index (χ0n) is 15.4. The summed E-state index contributed by atoms with van der Waals surface area (Å²) < 4.78 is 13.8. The van der Waals surface area contributed by atoms with Crippen molar-refractivity contribution in [1.82, 2.24) is 14.7 Å². The third-order valence-corrected chi connectivity index (χ3v) is 6.11. The summed E-state index contributed by atoms with van der Waals surface area (Å²) in [5, 5.41) is 0. The molecule has 6 nitrogen and oxygen atoms in total. The zero-order chi connectivity index (χ0) is 19.1. The molecule has 7 heteroatoms. The minimum atomic E-state index is -0.321. The summed E-state index contributed by atoms with van der Waals surface area (Å²) in [5.41, 5.74) is 0.779. The van der Waals surface area contributed by atoms with E-state index in [1.807, 2.05) is 11.0 Å². The molecule has 0 aliphatic carbocycles.